The Kier molecular flexibility index (Phi) is 20.2. The van der Waals surface area contributed by atoms with Crippen LogP contribution in [0.4, 0.5) is 0 Å². The lowest BCUT2D eigenvalue weighted by Crippen LogP contribution is -1.50. The van der Waals surface area contributed by atoms with Gasteiger partial charge in [0.15, 0.2) is 0 Å². The summed E-state index contributed by atoms with van der Waals surface area (Å²) in [5.74, 6) is 0. The highest BCUT2D eigenvalue weighted by Crippen LogP contribution is 2.05. The lowest BCUT2D eigenvalue weighted by molar-refractivity contribution is 0.886. The summed E-state index contributed by atoms with van der Waals surface area (Å²) in [4.78, 5) is 0. The number of hydrogen-bond donors (Lipinski definition) is 0. The van der Waals surface area contributed by atoms with Crippen LogP contribution in [0.3, 0.4) is 0 Å². The zero-order valence-corrected chi connectivity index (χ0v) is 9.40. The third-order valence-corrected chi connectivity index (χ3v) is 1.41. The van der Waals surface area contributed by atoms with E-state index in [1.807, 2.05) is 0 Å². The van der Waals surface area contributed by atoms with Crippen molar-refractivity contribution < 1.29 is 0 Å². The minimum atomic E-state index is 1.25. The van der Waals surface area contributed by atoms with Gasteiger partial charge in [-0.15, -0.1) is 0 Å². The molecular weight excluding hydrogens is 144 g/mol. The number of unbranched alkanes of at least 4 members (excludes halogenated alkanes) is 1. The minimum Gasteiger partial charge on any atom is -0.0885 e. The molecule has 0 N–H and O–H groups in total. The van der Waals surface area contributed by atoms with E-state index < -0.39 is 0 Å². The molecule has 1 aliphatic carbocycles. The summed E-state index contributed by atoms with van der Waals surface area (Å²) in [6.45, 7) is 8.61. The number of rotatable bonds is 1. The molecule has 0 fully saturated rings. The van der Waals surface area contributed by atoms with Crippen molar-refractivity contribution in [2.24, 2.45) is 0 Å². The van der Waals surface area contributed by atoms with Crippen LogP contribution >= 0.6 is 0 Å². The van der Waals surface area contributed by atoms with Crippen molar-refractivity contribution >= 4 is 0 Å². The molecule has 0 spiro atoms. The SMILES string of the molecule is C1=CCCC1.CCC.CCCC. The van der Waals surface area contributed by atoms with Gasteiger partial charge in [-0.05, 0) is 19.3 Å². The Hall–Kier alpha value is -0.260. The Bertz CT molecular complexity index is 64.1. The highest BCUT2D eigenvalue weighted by Gasteiger charge is 1.84. The molecule has 0 amide bonds. The van der Waals surface area contributed by atoms with E-state index in [0.29, 0.717) is 0 Å². The molecule has 0 nitrogen and oxygen atoms in total. The van der Waals surface area contributed by atoms with E-state index in [4.69, 9.17) is 0 Å². The highest BCUT2D eigenvalue weighted by atomic mass is 13.9. The summed E-state index contributed by atoms with van der Waals surface area (Å²) in [7, 11) is 0. The molecule has 1 rings (SSSR count). The molecule has 0 heteroatoms. The Morgan fingerprint density at radius 2 is 1.17 bits per heavy atom. The molecule has 0 aromatic carbocycles. The summed E-state index contributed by atoms with van der Waals surface area (Å²) in [6, 6.07) is 0. The largest absolute Gasteiger partial charge is 0.0885 e. The monoisotopic (exact) mass is 170 g/mol. The fourth-order valence-corrected chi connectivity index (χ4v) is 0.589. The molecular formula is C12H26. The quantitative estimate of drug-likeness (QED) is 0.488. The lowest BCUT2D eigenvalue weighted by Gasteiger charge is -1.69. The predicted molar refractivity (Wildman–Crippen MR) is 59.5 cm³/mol. The van der Waals surface area contributed by atoms with Gasteiger partial charge in [-0.1, -0.05) is 59.1 Å². The van der Waals surface area contributed by atoms with Gasteiger partial charge in [0.1, 0.15) is 0 Å². The van der Waals surface area contributed by atoms with Crippen molar-refractivity contribution in [3.05, 3.63) is 12.2 Å². The van der Waals surface area contributed by atoms with Crippen molar-refractivity contribution in [2.45, 2.75) is 66.2 Å². The van der Waals surface area contributed by atoms with Gasteiger partial charge in [0.05, 0.1) is 0 Å². The second kappa shape index (κ2) is 17.0. The highest BCUT2D eigenvalue weighted by molar-refractivity contribution is 4.88. The van der Waals surface area contributed by atoms with E-state index in [9.17, 15) is 0 Å². The third-order valence-electron chi connectivity index (χ3n) is 1.41. The van der Waals surface area contributed by atoms with E-state index >= 15 is 0 Å². The van der Waals surface area contributed by atoms with Gasteiger partial charge in [-0.25, -0.2) is 0 Å². The van der Waals surface area contributed by atoms with Gasteiger partial charge in [0, 0.05) is 0 Å². The van der Waals surface area contributed by atoms with Crippen molar-refractivity contribution in [1.82, 2.24) is 0 Å². The van der Waals surface area contributed by atoms with E-state index in [0.717, 1.165) is 0 Å². The van der Waals surface area contributed by atoms with Crippen LogP contribution in [0.15, 0.2) is 12.2 Å². The third kappa shape index (κ3) is 22.6. The van der Waals surface area contributed by atoms with Gasteiger partial charge in [0.2, 0.25) is 0 Å². The van der Waals surface area contributed by atoms with Crippen molar-refractivity contribution in [3.63, 3.8) is 0 Å². The van der Waals surface area contributed by atoms with Gasteiger partial charge >= 0.3 is 0 Å². The molecule has 0 atom stereocenters. The fourth-order valence-electron chi connectivity index (χ4n) is 0.589. The topological polar surface area (TPSA) is 0 Å². The van der Waals surface area contributed by atoms with Crippen LogP contribution in [0.1, 0.15) is 66.2 Å². The van der Waals surface area contributed by atoms with Crippen LogP contribution < -0.4 is 0 Å². The Morgan fingerprint density at radius 3 is 1.25 bits per heavy atom. The molecule has 0 heterocycles. The lowest BCUT2D eigenvalue weighted by atomic mass is 10.4. The minimum absolute atomic E-state index is 1.25. The predicted octanol–water partition coefficient (Wildman–Crippen LogP) is 4.95. The summed E-state index contributed by atoms with van der Waals surface area (Å²) in [6.07, 6.45) is 12.4. The molecule has 0 aliphatic heterocycles. The smallest absolute Gasteiger partial charge is 0.0348 e. The first-order chi connectivity index (χ1) is 5.83. The van der Waals surface area contributed by atoms with Crippen LogP contribution in [0.25, 0.3) is 0 Å². The molecule has 0 aromatic heterocycles. The van der Waals surface area contributed by atoms with E-state index in [1.54, 1.807) is 0 Å². The summed E-state index contributed by atoms with van der Waals surface area (Å²) < 4.78 is 0. The first-order valence-corrected chi connectivity index (χ1v) is 5.48. The van der Waals surface area contributed by atoms with Gasteiger partial charge in [-0.2, -0.15) is 0 Å². The summed E-state index contributed by atoms with van der Waals surface area (Å²) >= 11 is 0. The van der Waals surface area contributed by atoms with Gasteiger partial charge in [-0.3, -0.25) is 0 Å². The molecule has 0 aromatic rings. The Balaban J connectivity index is 0. The average molecular weight is 170 g/mol. The van der Waals surface area contributed by atoms with Crippen molar-refractivity contribution in [2.75, 3.05) is 0 Å². The van der Waals surface area contributed by atoms with Crippen LogP contribution in [0.5, 0.6) is 0 Å². The van der Waals surface area contributed by atoms with Gasteiger partial charge in [0.25, 0.3) is 0 Å². The second-order valence-electron chi connectivity index (χ2n) is 3.11. The van der Waals surface area contributed by atoms with Crippen LogP contribution in [-0.4, -0.2) is 0 Å². The molecule has 0 saturated heterocycles. The van der Waals surface area contributed by atoms with Crippen LogP contribution in [0.2, 0.25) is 0 Å². The molecule has 74 valence electrons. The maximum atomic E-state index is 2.24. The Morgan fingerprint density at radius 1 is 0.833 bits per heavy atom. The van der Waals surface area contributed by atoms with E-state index in [2.05, 4.69) is 39.8 Å². The normalized spacial score (nSPS) is 12.7. The standard InChI is InChI=1S/C5H8.C4H10.C3H8/c1-2-4-5-3-1;1-3-4-2;1-3-2/h1-2H,3-5H2;3-4H2,1-2H3;3H2,1-2H3. The number of allylic oxidation sites excluding steroid dienone is 2. The second-order valence-corrected chi connectivity index (χ2v) is 3.11. The van der Waals surface area contributed by atoms with Crippen LogP contribution in [-0.2, 0) is 0 Å². The summed E-state index contributed by atoms with van der Waals surface area (Å²) in [5.41, 5.74) is 0. The van der Waals surface area contributed by atoms with E-state index in [1.165, 1.54) is 38.5 Å². The van der Waals surface area contributed by atoms with Crippen molar-refractivity contribution in [3.8, 4) is 0 Å². The zero-order valence-electron chi connectivity index (χ0n) is 9.40. The number of hydrogen-bond acceptors (Lipinski definition) is 0. The molecule has 0 saturated carbocycles. The first-order valence-electron chi connectivity index (χ1n) is 5.48. The molecule has 1 aliphatic rings. The van der Waals surface area contributed by atoms with Crippen LogP contribution in [0, 0.1) is 0 Å². The average Bonchev–Trinajstić information content (AvgIpc) is 2.62. The maximum Gasteiger partial charge on any atom is -0.0348 e. The van der Waals surface area contributed by atoms with E-state index in [-0.39, 0.29) is 0 Å². The maximum absolute atomic E-state index is 2.24. The zero-order chi connectivity index (χ0) is 9.66. The molecule has 0 bridgehead atoms. The van der Waals surface area contributed by atoms with Gasteiger partial charge < -0.3 is 0 Å². The summed E-state index contributed by atoms with van der Waals surface area (Å²) in [5, 5.41) is 0. The molecule has 0 unspecified atom stereocenters. The molecule has 12 heavy (non-hydrogen) atoms. The Labute approximate surface area is 79.1 Å². The molecule has 0 radical (unpaired) electrons. The van der Waals surface area contributed by atoms with Crippen molar-refractivity contribution in [1.29, 1.82) is 0 Å². The first kappa shape index (κ1) is 14.3. The fraction of sp³-hybridized carbons (Fsp3) is 0.833.